The third-order valence-electron chi connectivity index (χ3n) is 5.61. The van der Waals surface area contributed by atoms with Gasteiger partial charge in [-0.25, -0.2) is 4.68 Å². The Balaban J connectivity index is 0.00000196. The molecule has 140 valence electrons. The highest BCUT2D eigenvalue weighted by atomic mass is 35.5. The number of nitrogens with zero attached hydrogens (tertiary/aromatic N) is 4. The van der Waals surface area contributed by atoms with E-state index < -0.39 is 0 Å². The topological polar surface area (TPSA) is 63.1 Å². The summed E-state index contributed by atoms with van der Waals surface area (Å²) in [5.41, 5.74) is 1.35. The Morgan fingerprint density at radius 3 is 2.35 bits per heavy atom. The largest absolute Gasteiger partial charge is 0.337 e. The van der Waals surface area contributed by atoms with Gasteiger partial charge >= 0.3 is 0 Å². The predicted molar refractivity (Wildman–Crippen MR) is 103 cm³/mol. The van der Waals surface area contributed by atoms with Crippen molar-refractivity contribution in [1.82, 2.24) is 25.2 Å². The van der Waals surface area contributed by atoms with E-state index in [9.17, 15) is 4.79 Å². The fourth-order valence-electron chi connectivity index (χ4n) is 4.12. The Labute approximate surface area is 160 Å². The molecule has 2 aliphatic rings. The Morgan fingerprint density at radius 1 is 1.00 bits per heavy atom. The lowest BCUT2D eigenvalue weighted by molar-refractivity contribution is 0.0636. The predicted octanol–water partition coefficient (Wildman–Crippen LogP) is 2.54. The average molecular weight is 376 g/mol. The second-order valence-electron chi connectivity index (χ2n) is 7.10. The first-order valence-electron chi connectivity index (χ1n) is 9.29. The van der Waals surface area contributed by atoms with Crippen LogP contribution in [0.3, 0.4) is 0 Å². The third-order valence-corrected chi connectivity index (χ3v) is 5.61. The first-order valence-corrected chi connectivity index (χ1v) is 9.29. The molecular weight excluding hydrogens is 350 g/mol. The van der Waals surface area contributed by atoms with Crippen molar-refractivity contribution in [3.63, 3.8) is 0 Å². The summed E-state index contributed by atoms with van der Waals surface area (Å²) in [6, 6.07) is 9.76. The van der Waals surface area contributed by atoms with Crippen LogP contribution in [0.4, 0.5) is 0 Å². The van der Waals surface area contributed by atoms with Crippen LogP contribution in [0, 0.1) is 11.8 Å². The average Bonchev–Trinajstić information content (AvgIpc) is 3.19. The van der Waals surface area contributed by atoms with Gasteiger partial charge in [0.15, 0.2) is 5.69 Å². The number of hydrogen-bond donors (Lipinski definition) is 1. The molecule has 0 bridgehead atoms. The summed E-state index contributed by atoms with van der Waals surface area (Å²) in [6.45, 7) is 3.97. The van der Waals surface area contributed by atoms with E-state index >= 15 is 0 Å². The fraction of sp³-hybridized carbons (Fsp3) is 0.526. The van der Waals surface area contributed by atoms with Crippen LogP contribution in [-0.4, -0.2) is 52.0 Å². The summed E-state index contributed by atoms with van der Waals surface area (Å²) in [5, 5.41) is 11.6. The smallest absolute Gasteiger partial charge is 0.276 e. The Hall–Kier alpha value is -1.92. The van der Waals surface area contributed by atoms with Gasteiger partial charge in [-0.3, -0.25) is 4.79 Å². The normalized spacial score (nSPS) is 19.2. The quantitative estimate of drug-likeness (QED) is 0.895. The third kappa shape index (κ3) is 4.07. The van der Waals surface area contributed by atoms with E-state index in [0.29, 0.717) is 5.69 Å². The molecule has 7 heteroatoms. The fourth-order valence-corrected chi connectivity index (χ4v) is 4.12. The van der Waals surface area contributed by atoms with Crippen molar-refractivity contribution in [2.45, 2.75) is 25.7 Å². The van der Waals surface area contributed by atoms with Gasteiger partial charge in [-0.15, -0.1) is 17.5 Å². The van der Waals surface area contributed by atoms with Gasteiger partial charge in [0, 0.05) is 13.1 Å². The number of aromatic nitrogens is 3. The molecule has 2 aliphatic heterocycles. The van der Waals surface area contributed by atoms with E-state index in [4.69, 9.17) is 0 Å². The second kappa shape index (κ2) is 8.64. The molecule has 0 atom stereocenters. The highest BCUT2D eigenvalue weighted by Crippen LogP contribution is 2.31. The lowest BCUT2D eigenvalue weighted by Gasteiger charge is -2.37. The molecule has 0 saturated carbocycles. The lowest BCUT2D eigenvalue weighted by atomic mass is 9.79. The molecule has 2 saturated heterocycles. The zero-order valence-corrected chi connectivity index (χ0v) is 15.7. The maximum atomic E-state index is 12.7. The standard InChI is InChI=1S/C19H25N5O.ClH/c25-19(18-14-24(22-21-18)17-4-2-1-3-5-17)23-12-8-16(9-13-23)15-6-10-20-11-7-15;/h1-5,14-16,20H,6-13H2;1H. The molecule has 4 rings (SSSR count). The zero-order chi connectivity index (χ0) is 17.1. The van der Waals surface area contributed by atoms with Gasteiger partial charge in [-0.2, -0.15) is 0 Å². The van der Waals surface area contributed by atoms with Gasteiger partial charge in [0.05, 0.1) is 11.9 Å². The van der Waals surface area contributed by atoms with Crippen molar-refractivity contribution in [3.05, 3.63) is 42.2 Å². The minimum atomic E-state index is 0. The van der Waals surface area contributed by atoms with E-state index in [0.717, 1.165) is 56.5 Å². The van der Waals surface area contributed by atoms with Gasteiger partial charge in [-0.05, 0) is 62.7 Å². The molecule has 0 unspecified atom stereocenters. The van der Waals surface area contributed by atoms with Crippen LogP contribution in [0.15, 0.2) is 36.5 Å². The molecule has 26 heavy (non-hydrogen) atoms. The second-order valence-corrected chi connectivity index (χ2v) is 7.10. The number of halogens is 1. The highest BCUT2D eigenvalue weighted by molar-refractivity contribution is 5.92. The Kier molecular flexibility index (Phi) is 6.27. The molecule has 1 N–H and O–H groups in total. The maximum Gasteiger partial charge on any atom is 0.276 e. The monoisotopic (exact) mass is 375 g/mol. The number of likely N-dealkylation sites (tertiary alicyclic amines) is 1. The van der Waals surface area contributed by atoms with Crippen LogP contribution < -0.4 is 5.32 Å². The highest BCUT2D eigenvalue weighted by Gasteiger charge is 2.30. The van der Waals surface area contributed by atoms with E-state index in [2.05, 4.69) is 15.6 Å². The summed E-state index contributed by atoms with van der Waals surface area (Å²) >= 11 is 0. The van der Waals surface area contributed by atoms with Gasteiger partial charge in [0.25, 0.3) is 5.91 Å². The molecule has 2 fully saturated rings. The van der Waals surface area contributed by atoms with Crippen molar-refractivity contribution in [2.24, 2.45) is 11.8 Å². The van der Waals surface area contributed by atoms with Crippen molar-refractivity contribution >= 4 is 18.3 Å². The van der Waals surface area contributed by atoms with E-state index in [1.54, 1.807) is 10.9 Å². The summed E-state index contributed by atoms with van der Waals surface area (Å²) < 4.78 is 1.66. The van der Waals surface area contributed by atoms with Crippen molar-refractivity contribution in [3.8, 4) is 5.69 Å². The van der Waals surface area contributed by atoms with Gasteiger partial charge < -0.3 is 10.2 Å². The summed E-state index contributed by atoms with van der Waals surface area (Å²) in [6.07, 6.45) is 6.52. The number of amides is 1. The molecule has 0 aliphatic carbocycles. The molecule has 1 aromatic carbocycles. The minimum absolute atomic E-state index is 0. The number of rotatable bonds is 3. The van der Waals surface area contributed by atoms with Crippen LogP contribution in [0.5, 0.6) is 0 Å². The van der Waals surface area contributed by atoms with E-state index in [1.807, 2.05) is 35.2 Å². The molecule has 1 aromatic heterocycles. The van der Waals surface area contributed by atoms with Crippen LogP contribution in [-0.2, 0) is 0 Å². The molecular formula is C19H26ClN5O. The van der Waals surface area contributed by atoms with Gasteiger partial charge in [0.1, 0.15) is 0 Å². The number of benzene rings is 1. The van der Waals surface area contributed by atoms with E-state index in [-0.39, 0.29) is 18.3 Å². The number of carbonyl (C=O) groups is 1. The molecule has 0 radical (unpaired) electrons. The number of para-hydroxylation sites is 1. The summed E-state index contributed by atoms with van der Waals surface area (Å²) in [7, 11) is 0. The van der Waals surface area contributed by atoms with Gasteiger partial charge in [-0.1, -0.05) is 23.4 Å². The number of carbonyl (C=O) groups excluding carboxylic acids is 1. The Morgan fingerprint density at radius 2 is 1.65 bits per heavy atom. The van der Waals surface area contributed by atoms with Crippen LogP contribution in [0.2, 0.25) is 0 Å². The number of hydrogen-bond acceptors (Lipinski definition) is 4. The lowest BCUT2D eigenvalue weighted by Crippen LogP contribution is -2.42. The van der Waals surface area contributed by atoms with Crippen molar-refractivity contribution in [2.75, 3.05) is 26.2 Å². The maximum absolute atomic E-state index is 12.7. The summed E-state index contributed by atoms with van der Waals surface area (Å²) in [4.78, 5) is 14.7. The minimum Gasteiger partial charge on any atom is -0.337 e. The summed E-state index contributed by atoms with van der Waals surface area (Å²) in [5.74, 6) is 1.61. The molecule has 1 amide bonds. The van der Waals surface area contributed by atoms with Crippen molar-refractivity contribution < 1.29 is 4.79 Å². The Bertz CT molecular complexity index is 706. The molecule has 0 spiro atoms. The molecule has 6 nitrogen and oxygen atoms in total. The van der Waals surface area contributed by atoms with Crippen LogP contribution in [0.1, 0.15) is 36.2 Å². The molecule has 3 heterocycles. The molecule has 2 aromatic rings. The van der Waals surface area contributed by atoms with Crippen molar-refractivity contribution in [1.29, 1.82) is 0 Å². The van der Waals surface area contributed by atoms with E-state index in [1.165, 1.54) is 12.8 Å². The first-order chi connectivity index (χ1) is 12.3. The SMILES string of the molecule is Cl.O=C(c1cn(-c2ccccc2)nn1)N1CCC(C2CCNCC2)CC1. The zero-order valence-electron chi connectivity index (χ0n) is 14.9. The number of nitrogens with one attached hydrogen (secondary N) is 1. The van der Waals surface area contributed by atoms with Crippen LogP contribution in [0.25, 0.3) is 5.69 Å². The number of piperidine rings is 2. The van der Waals surface area contributed by atoms with Crippen LogP contribution >= 0.6 is 12.4 Å². The van der Waals surface area contributed by atoms with Gasteiger partial charge in [0.2, 0.25) is 0 Å². The first kappa shape index (κ1) is 18.9.